The van der Waals surface area contributed by atoms with E-state index in [-0.39, 0.29) is 0 Å². The van der Waals surface area contributed by atoms with Gasteiger partial charge in [-0.3, -0.25) is 0 Å². The van der Waals surface area contributed by atoms with Crippen LogP contribution in [0.1, 0.15) is 10.6 Å². The van der Waals surface area contributed by atoms with Crippen molar-refractivity contribution in [3.8, 4) is 40.0 Å². The maximum absolute atomic E-state index is 9.70. The number of benzene rings is 3. The highest BCUT2D eigenvalue weighted by Crippen LogP contribution is 2.31. The molecule has 5 heteroatoms. The molecule has 0 aliphatic carbocycles. The molecule has 0 aliphatic rings. The summed E-state index contributed by atoms with van der Waals surface area (Å²) in [6.07, 6.45) is 1.81. The standard InChI is InChI=1S/C26H20N2O2S/c1-29-24-13-8-18(15-25(24)30-2)14-22(16-27)26-28-23(17-31-26)21-11-9-20(10-12-21)19-6-4-3-5-7-19/h3-15,17H,1-2H3/b22-14+. The summed E-state index contributed by atoms with van der Waals surface area (Å²) in [5.74, 6) is 1.26. The number of ether oxygens (including phenoxy) is 2. The molecule has 0 spiro atoms. The van der Waals surface area contributed by atoms with Gasteiger partial charge in [0, 0.05) is 10.9 Å². The summed E-state index contributed by atoms with van der Waals surface area (Å²) >= 11 is 1.46. The Labute approximate surface area is 185 Å². The van der Waals surface area contributed by atoms with Crippen molar-refractivity contribution < 1.29 is 9.47 Å². The molecule has 0 aliphatic heterocycles. The topological polar surface area (TPSA) is 55.1 Å². The second-order valence-electron chi connectivity index (χ2n) is 6.77. The zero-order chi connectivity index (χ0) is 21.6. The number of hydrogen-bond donors (Lipinski definition) is 0. The molecule has 0 saturated carbocycles. The molecule has 4 aromatic rings. The SMILES string of the molecule is COc1ccc(/C=C(\C#N)c2nc(-c3ccc(-c4ccccc4)cc3)cs2)cc1OC. The average Bonchev–Trinajstić information content (AvgIpc) is 3.33. The van der Waals surface area contributed by atoms with E-state index in [0.29, 0.717) is 22.1 Å². The Morgan fingerprint density at radius 1 is 0.871 bits per heavy atom. The molecule has 0 N–H and O–H groups in total. The Kier molecular flexibility index (Phi) is 6.11. The molecule has 31 heavy (non-hydrogen) atoms. The van der Waals surface area contributed by atoms with Gasteiger partial charge >= 0.3 is 0 Å². The van der Waals surface area contributed by atoms with Crippen LogP contribution in [-0.4, -0.2) is 19.2 Å². The maximum Gasteiger partial charge on any atom is 0.161 e. The number of aromatic nitrogens is 1. The summed E-state index contributed by atoms with van der Waals surface area (Å²) in [6.45, 7) is 0. The molecule has 0 saturated heterocycles. The minimum Gasteiger partial charge on any atom is -0.493 e. The summed E-state index contributed by atoms with van der Waals surface area (Å²) in [4.78, 5) is 4.70. The summed E-state index contributed by atoms with van der Waals surface area (Å²) < 4.78 is 10.6. The van der Waals surface area contributed by atoms with Crippen LogP contribution >= 0.6 is 11.3 Å². The number of methoxy groups -OCH3 is 2. The van der Waals surface area contributed by atoms with Gasteiger partial charge in [-0.25, -0.2) is 4.98 Å². The Morgan fingerprint density at radius 2 is 1.55 bits per heavy atom. The van der Waals surface area contributed by atoms with Crippen LogP contribution in [0.25, 0.3) is 34.0 Å². The minimum absolute atomic E-state index is 0.504. The molecular formula is C26H20N2O2S. The average molecular weight is 425 g/mol. The molecule has 0 fully saturated rings. The highest BCUT2D eigenvalue weighted by molar-refractivity contribution is 7.11. The van der Waals surface area contributed by atoms with Crippen LogP contribution in [0, 0.1) is 11.3 Å². The second-order valence-corrected chi connectivity index (χ2v) is 7.62. The monoisotopic (exact) mass is 424 g/mol. The molecule has 4 nitrogen and oxygen atoms in total. The van der Waals surface area contributed by atoms with Gasteiger partial charge in [-0.15, -0.1) is 11.3 Å². The van der Waals surface area contributed by atoms with Gasteiger partial charge in [-0.05, 0) is 34.9 Å². The number of allylic oxidation sites excluding steroid dienone is 1. The van der Waals surface area contributed by atoms with Crippen LogP contribution in [0.5, 0.6) is 11.5 Å². The molecule has 152 valence electrons. The van der Waals surface area contributed by atoms with Crippen molar-refractivity contribution in [1.82, 2.24) is 4.98 Å². The van der Waals surface area contributed by atoms with Crippen molar-refractivity contribution >= 4 is 23.0 Å². The molecule has 0 atom stereocenters. The van der Waals surface area contributed by atoms with Gasteiger partial charge in [0.2, 0.25) is 0 Å². The third-order valence-corrected chi connectivity index (χ3v) is 5.74. The lowest BCUT2D eigenvalue weighted by Gasteiger charge is -2.07. The van der Waals surface area contributed by atoms with Crippen LogP contribution in [0.3, 0.4) is 0 Å². The van der Waals surface area contributed by atoms with Crippen LogP contribution in [-0.2, 0) is 0 Å². The van der Waals surface area contributed by atoms with Crippen LogP contribution in [0.2, 0.25) is 0 Å². The predicted molar refractivity (Wildman–Crippen MR) is 126 cm³/mol. The fourth-order valence-corrected chi connectivity index (χ4v) is 4.04. The zero-order valence-electron chi connectivity index (χ0n) is 17.2. The van der Waals surface area contributed by atoms with Crippen molar-refractivity contribution in [3.05, 3.63) is 88.7 Å². The fourth-order valence-electron chi connectivity index (χ4n) is 3.25. The van der Waals surface area contributed by atoms with E-state index in [1.807, 2.05) is 47.9 Å². The lowest BCUT2D eigenvalue weighted by atomic mass is 10.0. The third kappa shape index (κ3) is 4.50. The van der Waals surface area contributed by atoms with E-state index in [2.05, 4.69) is 42.5 Å². The molecule has 1 heterocycles. The molecule has 0 bridgehead atoms. The van der Waals surface area contributed by atoms with E-state index >= 15 is 0 Å². The van der Waals surface area contributed by atoms with E-state index in [1.54, 1.807) is 14.2 Å². The summed E-state index contributed by atoms with van der Waals surface area (Å²) in [5, 5.41) is 12.4. The Balaban J connectivity index is 1.60. The smallest absolute Gasteiger partial charge is 0.161 e. The van der Waals surface area contributed by atoms with Crippen LogP contribution in [0.15, 0.2) is 78.2 Å². The highest BCUT2D eigenvalue weighted by Gasteiger charge is 2.11. The van der Waals surface area contributed by atoms with E-state index in [9.17, 15) is 5.26 Å². The van der Waals surface area contributed by atoms with Crippen LogP contribution in [0.4, 0.5) is 0 Å². The van der Waals surface area contributed by atoms with Gasteiger partial charge in [0.05, 0.1) is 25.5 Å². The first-order valence-electron chi connectivity index (χ1n) is 9.67. The van der Waals surface area contributed by atoms with E-state index in [1.165, 1.54) is 16.9 Å². The second kappa shape index (κ2) is 9.29. The number of nitrogens with zero attached hydrogens (tertiary/aromatic N) is 2. The summed E-state index contributed by atoms with van der Waals surface area (Å²) in [5.41, 5.74) is 5.56. The lowest BCUT2D eigenvalue weighted by Crippen LogP contribution is -1.91. The lowest BCUT2D eigenvalue weighted by molar-refractivity contribution is 0.355. The van der Waals surface area contributed by atoms with Crippen molar-refractivity contribution in [2.24, 2.45) is 0 Å². The number of rotatable bonds is 6. The largest absolute Gasteiger partial charge is 0.493 e. The number of hydrogen-bond acceptors (Lipinski definition) is 5. The highest BCUT2D eigenvalue weighted by atomic mass is 32.1. The molecule has 0 unspecified atom stereocenters. The first-order chi connectivity index (χ1) is 15.2. The molecule has 0 amide bonds. The minimum atomic E-state index is 0.504. The Bertz CT molecular complexity index is 1250. The van der Waals surface area contributed by atoms with Gasteiger partial charge in [0.1, 0.15) is 11.1 Å². The van der Waals surface area contributed by atoms with E-state index < -0.39 is 0 Å². The van der Waals surface area contributed by atoms with E-state index in [0.717, 1.165) is 22.4 Å². The van der Waals surface area contributed by atoms with Gasteiger partial charge in [-0.1, -0.05) is 60.7 Å². The number of thiazole rings is 1. The van der Waals surface area contributed by atoms with Crippen molar-refractivity contribution in [2.45, 2.75) is 0 Å². The normalized spacial score (nSPS) is 11.1. The third-order valence-electron chi connectivity index (χ3n) is 4.86. The maximum atomic E-state index is 9.70. The van der Waals surface area contributed by atoms with Crippen molar-refractivity contribution in [1.29, 1.82) is 5.26 Å². The van der Waals surface area contributed by atoms with Gasteiger partial charge in [-0.2, -0.15) is 5.26 Å². The molecular weight excluding hydrogens is 404 g/mol. The zero-order valence-corrected chi connectivity index (χ0v) is 18.0. The van der Waals surface area contributed by atoms with E-state index in [4.69, 9.17) is 14.5 Å². The van der Waals surface area contributed by atoms with Gasteiger partial charge in [0.15, 0.2) is 11.5 Å². The molecule has 3 aromatic carbocycles. The molecule has 0 radical (unpaired) electrons. The Hall–Kier alpha value is -3.88. The van der Waals surface area contributed by atoms with Gasteiger partial charge in [0.25, 0.3) is 0 Å². The Morgan fingerprint density at radius 3 is 2.23 bits per heavy atom. The van der Waals surface area contributed by atoms with Crippen LogP contribution < -0.4 is 9.47 Å². The quantitative estimate of drug-likeness (QED) is 0.329. The number of nitriles is 1. The molecule has 1 aromatic heterocycles. The summed E-state index contributed by atoms with van der Waals surface area (Å²) in [6, 6.07) is 26.4. The van der Waals surface area contributed by atoms with Gasteiger partial charge < -0.3 is 9.47 Å². The van der Waals surface area contributed by atoms with Crippen molar-refractivity contribution in [2.75, 3.05) is 14.2 Å². The molecule has 4 rings (SSSR count). The van der Waals surface area contributed by atoms with Crippen molar-refractivity contribution in [3.63, 3.8) is 0 Å². The predicted octanol–water partition coefficient (Wildman–Crippen LogP) is 6.56. The fraction of sp³-hybridized carbons (Fsp3) is 0.0769. The first-order valence-corrected chi connectivity index (χ1v) is 10.6. The first kappa shape index (κ1) is 20.4. The summed E-state index contributed by atoms with van der Waals surface area (Å²) in [7, 11) is 3.18.